The molecule has 1 aromatic rings. The van der Waals surface area contributed by atoms with Gasteiger partial charge in [-0.1, -0.05) is 0 Å². The lowest BCUT2D eigenvalue weighted by molar-refractivity contribution is 0.155. The van der Waals surface area contributed by atoms with Crippen molar-refractivity contribution in [2.45, 2.75) is 0 Å². The molecule has 86 valence electrons. The van der Waals surface area contributed by atoms with E-state index in [9.17, 15) is 10.0 Å². The highest BCUT2D eigenvalue weighted by Crippen LogP contribution is 2.19. The van der Waals surface area contributed by atoms with Gasteiger partial charge in [0.05, 0.1) is 12.3 Å². The van der Waals surface area contributed by atoms with Crippen LogP contribution >= 0.6 is 0 Å². The molecule has 17 heavy (non-hydrogen) atoms. The Morgan fingerprint density at radius 1 is 1.41 bits per heavy atom. The largest absolute Gasteiger partial charge is 0.497 e. The summed E-state index contributed by atoms with van der Waals surface area (Å²) >= 11 is 0. The maximum Gasteiger partial charge on any atom is 0.300 e. The third-order valence-electron chi connectivity index (χ3n) is 2.61. The fourth-order valence-electron chi connectivity index (χ4n) is 1.80. The van der Waals surface area contributed by atoms with Crippen LogP contribution < -0.4 is 10.3 Å². The van der Waals surface area contributed by atoms with Gasteiger partial charge in [0, 0.05) is 11.5 Å². The maximum absolute atomic E-state index is 11.5. The summed E-state index contributed by atoms with van der Waals surface area (Å²) in [4.78, 5) is 12.3. The Morgan fingerprint density at radius 3 is 3.00 bits per heavy atom. The number of rotatable bonds is 1. The van der Waals surface area contributed by atoms with Crippen LogP contribution in [0.25, 0.3) is 10.9 Å². The van der Waals surface area contributed by atoms with Crippen LogP contribution in [0.5, 0.6) is 5.75 Å². The van der Waals surface area contributed by atoms with E-state index in [1.54, 1.807) is 18.2 Å². The van der Waals surface area contributed by atoms with E-state index in [0.29, 0.717) is 21.9 Å². The molecule has 7 heteroatoms. The standard InChI is InChI=1S/C10H8N4O3/c1-17-5-2-3-6-7(4-5)14(16)13-9-8(6)10(15)12-11-9/h2-4,13,16H,1H3. The Hall–Kier alpha value is -2.57. The summed E-state index contributed by atoms with van der Waals surface area (Å²) in [5.41, 5.74) is 0.242. The number of fused-ring (bicyclic) bond motifs is 2. The normalized spacial score (nSPS) is 11.1. The van der Waals surface area contributed by atoms with Crippen molar-refractivity contribution in [1.29, 1.82) is 0 Å². The van der Waals surface area contributed by atoms with Crippen LogP contribution in [0.2, 0.25) is 0 Å². The van der Waals surface area contributed by atoms with E-state index in [0.717, 1.165) is 4.85 Å². The number of nitrogens with one attached hydrogen (secondary N) is 1. The number of hydrogen-bond acceptors (Lipinski definition) is 5. The number of H-pyrrole nitrogens is 1. The molecule has 0 fully saturated rings. The van der Waals surface area contributed by atoms with Gasteiger partial charge in [0.2, 0.25) is 0 Å². The Bertz CT molecular complexity index is 820. The van der Waals surface area contributed by atoms with Crippen LogP contribution in [0.3, 0.4) is 0 Å². The van der Waals surface area contributed by atoms with Crippen molar-refractivity contribution in [2.75, 3.05) is 7.11 Å². The second-order valence-electron chi connectivity index (χ2n) is 3.54. The smallest absolute Gasteiger partial charge is 0.300 e. The number of nitrogens with zero attached hydrogens (tertiary/aromatic N) is 3. The summed E-state index contributed by atoms with van der Waals surface area (Å²) in [5, 5.41) is 20.3. The van der Waals surface area contributed by atoms with Gasteiger partial charge in [0.1, 0.15) is 11.3 Å². The van der Waals surface area contributed by atoms with E-state index < -0.39 is 5.56 Å². The fraction of sp³-hybridized carbons (Fsp3) is 0.100. The van der Waals surface area contributed by atoms with E-state index in [2.05, 4.69) is 15.3 Å². The molecule has 0 aliphatic carbocycles. The SMILES string of the molecule is COc1ccc2c3c(=O)nnc=3[nH]n(O)c2c1. The van der Waals surface area contributed by atoms with Crippen molar-refractivity contribution in [1.82, 2.24) is 20.1 Å². The van der Waals surface area contributed by atoms with Crippen LogP contribution in [0, 0.1) is 10.7 Å². The molecule has 0 spiro atoms. The predicted molar refractivity (Wildman–Crippen MR) is 57.2 cm³/mol. The van der Waals surface area contributed by atoms with Crippen LogP contribution in [-0.2, 0) is 0 Å². The lowest BCUT2D eigenvalue weighted by Gasteiger charge is -2.05. The first-order valence-electron chi connectivity index (χ1n) is 4.85. The summed E-state index contributed by atoms with van der Waals surface area (Å²) in [6.45, 7) is 0. The lowest BCUT2D eigenvalue weighted by Crippen LogP contribution is -2.06. The van der Waals surface area contributed by atoms with Crippen molar-refractivity contribution in [3.8, 4) is 5.75 Å². The molecule has 0 bridgehead atoms. The summed E-state index contributed by atoms with van der Waals surface area (Å²) in [7, 11) is 1.52. The first-order chi connectivity index (χ1) is 8.20. The highest BCUT2D eigenvalue weighted by atomic mass is 16.5. The summed E-state index contributed by atoms with van der Waals surface area (Å²) in [5.74, 6) is 0.577. The second kappa shape index (κ2) is 3.21. The molecule has 0 saturated carbocycles. The molecule has 0 radical (unpaired) electrons. The molecule has 1 aromatic carbocycles. The number of methoxy groups -OCH3 is 1. The molecule has 0 amide bonds. The van der Waals surface area contributed by atoms with E-state index in [4.69, 9.17) is 4.74 Å². The number of ether oxygens (including phenoxy) is 1. The van der Waals surface area contributed by atoms with Crippen LogP contribution in [0.15, 0.2) is 23.0 Å². The first kappa shape index (κ1) is 9.64. The monoisotopic (exact) mass is 232 g/mol. The molecule has 2 heterocycles. The van der Waals surface area contributed by atoms with E-state index in [-0.39, 0.29) is 5.48 Å². The second-order valence-corrected chi connectivity index (χ2v) is 3.54. The Morgan fingerprint density at radius 2 is 2.24 bits per heavy atom. The average molecular weight is 232 g/mol. The predicted octanol–water partition coefficient (Wildman–Crippen LogP) is 0.0903. The highest BCUT2D eigenvalue weighted by Gasteiger charge is 2.09. The summed E-state index contributed by atoms with van der Waals surface area (Å²) < 4.78 is 5.05. The zero-order valence-electron chi connectivity index (χ0n) is 8.84. The Balaban J connectivity index is 2.62. The van der Waals surface area contributed by atoms with Crippen molar-refractivity contribution in [2.24, 2.45) is 0 Å². The molecule has 0 aromatic heterocycles. The van der Waals surface area contributed by atoms with Gasteiger partial charge in [0.15, 0.2) is 5.48 Å². The molecule has 2 aliphatic rings. The third-order valence-corrected chi connectivity index (χ3v) is 2.61. The minimum absolute atomic E-state index is 0.246. The molecule has 2 N–H and O–H groups in total. The maximum atomic E-state index is 11.5. The van der Waals surface area contributed by atoms with Gasteiger partial charge in [-0.2, -0.15) is 0 Å². The van der Waals surface area contributed by atoms with E-state index in [1.165, 1.54) is 7.11 Å². The van der Waals surface area contributed by atoms with Crippen molar-refractivity contribution >= 4 is 10.9 Å². The quantitative estimate of drug-likeness (QED) is 0.580. The molecule has 0 atom stereocenters. The number of aromatic amines is 1. The highest BCUT2D eigenvalue weighted by molar-refractivity contribution is 5.80. The van der Waals surface area contributed by atoms with Gasteiger partial charge >= 0.3 is 0 Å². The van der Waals surface area contributed by atoms with E-state index >= 15 is 0 Å². The van der Waals surface area contributed by atoms with Crippen LogP contribution in [-0.4, -0.2) is 32.5 Å². The molecule has 2 aliphatic heterocycles. The molecular formula is C10H8N4O3. The molecule has 7 nitrogen and oxygen atoms in total. The minimum atomic E-state index is -0.424. The van der Waals surface area contributed by atoms with Gasteiger partial charge in [-0.05, 0) is 12.1 Å². The van der Waals surface area contributed by atoms with Gasteiger partial charge in [-0.15, -0.1) is 15.0 Å². The Labute approximate surface area is 93.9 Å². The minimum Gasteiger partial charge on any atom is -0.497 e. The van der Waals surface area contributed by atoms with Crippen LogP contribution in [0.4, 0.5) is 0 Å². The zero-order valence-corrected chi connectivity index (χ0v) is 8.84. The van der Waals surface area contributed by atoms with Gasteiger partial charge in [0.25, 0.3) is 5.56 Å². The molecule has 0 saturated heterocycles. The van der Waals surface area contributed by atoms with Gasteiger partial charge in [-0.25, -0.2) is 5.10 Å². The zero-order chi connectivity index (χ0) is 12.0. The van der Waals surface area contributed by atoms with Crippen molar-refractivity contribution in [3.05, 3.63) is 39.3 Å². The van der Waals surface area contributed by atoms with Gasteiger partial charge < -0.3 is 9.94 Å². The topological polar surface area (TPSA) is 93.0 Å². The van der Waals surface area contributed by atoms with E-state index in [1.807, 2.05) is 0 Å². The number of aromatic nitrogens is 4. The molecule has 0 unspecified atom stereocenters. The third kappa shape index (κ3) is 1.25. The fourth-order valence-corrected chi connectivity index (χ4v) is 1.80. The first-order valence-corrected chi connectivity index (χ1v) is 4.85. The summed E-state index contributed by atoms with van der Waals surface area (Å²) in [6.07, 6.45) is 0. The van der Waals surface area contributed by atoms with Crippen LogP contribution in [0.1, 0.15) is 0 Å². The van der Waals surface area contributed by atoms with Crippen molar-refractivity contribution < 1.29 is 9.94 Å². The molecule has 3 rings (SSSR count). The Kier molecular flexibility index (Phi) is 1.82. The summed E-state index contributed by atoms with van der Waals surface area (Å²) in [6, 6.07) is 4.99. The van der Waals surface area contributed by atoms with Gasteiger partial charge in [-0.3, -0.25) is 4.79 Å². The molecular weight excluding hydrogens is 224 g/mol. The van der Waals surface area contributed by atoms with Crippen molar-refractivity contribution in [3.63, 3.8) is 0 Å². The lowest BCUT2D eigenvalue weighted by atomic mass is 10.2. The number of benzene rings is 1. The number of hydrogen-bond donors (Lipinski definition) is 2. The average Bonchev–Trinajstić information content (AvgIpc) is 2.70.